The zero-order valence-electron chi connectivity index (χ0n) is 7.81. The van der Waals surface area contributed by atoms with Gasteiger partial charge in [-0.3, -0.25) is 15.0 Å². The number of hydrogen-bond acceptors (Lipinski definition) is 2. The Bertz CT molecular complexity index is 394. The number of urea groups is 1. The molecule has 1 N–H and O–H groups in total. The van der Waals surface area contributed by atoms with E-state index < -0.39 is 17.3 Å². The van der Waals surface area contributed by atoms with Crippen molar-refractivity contribution in [3.63, 3.8) is 0 Å². The lowest BCUT2D eigenvalue weighted by Gasteiger charge is -2.29. The van der Waals surface area contributed by atoms with Crippen molar-refractivity contribution in [2.45, 2.75) is 5.38 Å². The molecule has 1 saturated heterocycles. The van der Waals surface area contributed by atoms with Crippen LogP contribution in [-0.4, -0.2) is 23.9 Å². The quantitative estimate of drug-likeness (QED) is 0.732. The zero-order chi connectivity index (χ0) is 10.8. The fourth-order valence-electron chi connectivity index (χ4n) is 1.41. The summed E-state index contributed by atoms with van der Waals surface area (Å²) >= 11 is 5.77. The van der Waals surface area contributed by atoms with Crippen LogP contribution in [0.3, 0.4) is 0 Å². The molecule has 5 heteroatoms. The average molecular weight is 225 g/mol. The van der Waals surface area contributed by atoms with E-state index in [0.29, 0.717) is 0 Å². The number of carbonyl (C=O) groups excluding carboxylic acids is 2. The number of nitrogens with one attached hydrogen (secondary N) is 1. The number of hydrogen-bond donors (Lipinski definition) is 1. The number of halogens is 1. The minimum atomic E-state index is -0.692. The molecule has 78 valence electrons. The molecule has 0 aromatic heterocycles. The molecule has 1 atom stereocenters. The Labute approximate surface area is 91.8 Å². The maximum Gasteiger partial charge on any atom is 0.328 e. The molecule has 0 bridgehead atoms. The van der Waals surface area contributed by atoms with Crippen LogP contribution in [0.15, 0.2) is 30.3 Å². The van der Waals surface area contributed by atoms with E-state index in [0.717, 1.165) is 5.69 Å². The van der Waals surface area contributed by atoms with E-state index in [4.69, 9.17) is 11.6 Å². The standard InChI is InChI=1S/C10H9ClN2O2/c11-8-6-13(10(15)12-9(8)14)7-4-2-1-3-5-7/h1-5,8H,6H2,(H,12,14,15). The monoisotopic (exact) mass is 224 g/mol. The molecule has 1 heterocycles. The summed E-state index contributed by atoms with van der Waals surface area (Å²) in [5, 5.41) is 1.50. The van der Waals surface area contributed by atoms with Gasteiger partial charge in [-0.15, -0.1) is 11.6 Å². The molecule has 4 nitrogen and oxygen atoms in total. The number of benzene rings is 1. The van der Waals surface area contributed by atoms with E-state index in [-0.39, 0.29) is 6.54 Å². The van der Waals surface area contributed by atoms with Gasteiger partial charge in [-0.05, 0) is 12.1 Å². The Morgan fingerprint density at radius 1 is 1.27 bits per heavy atom. The highest BCUT2D eigenvalue weighted by Crippen LogP contribution is 2.17. The molecule has 0 spiro atoms. The predicted molar refractivity (Wildman–Crippen MR) is 57.0 cm³/mol. The van der Waals surface area contributed by atoms with Gasteiger partial charge in [0.1, 0.15) is 5.38 Å². The Balaban J connectivity index is 2.23. The molecule has 1 aromatic rings. The van der Waals surface area contributed by atoms with Crippen LogP contribution in [0.2, 0.25) is 0 Å². The number of para-hydroxylation sites is 1. The molecular weight excluding hydrogens is 216 g/mol. The fourth-order valence-corrected chi connectivity index (χ4v) is 1.60. The van der Waals surface area contributed by atoms with Crippen molar-refractivity contribution in [1.29, 1.82) is 0 Å². The smallest absolute Gasteiger partial charge is 0.292 e. The molecule has 15 heavy (non-hydrogen) atoms. The van der Waals surface area contributed by atoms with E-state index in [9.17, 15) is 9.59 Å². The molecule has 3 amide bonds. The van der Waals surface area contributed by atoms with Crippen LogP contribution in [0.1, 0.15) is 0 Å². The molecule has 0 radical (unpaired) electrons. The third-order valence-electron chi connectivity index (χ3n) is 2.17. The first-order valence-corrected chi connectivity index (χ1v) is 4.93. The van der Waals surface area contributed by atoms with E-state index in [1.165, 1.54) is 4.90 Å². The Morgan fingerprint density at radius 3 is 2.60 bits per heavy atom. The zero-order valence-corrected chi connectivity index (χ0v) is 8.57. The van der Waals surface area contributed by atoms with E-state index in [1.54, 1.807) is 12.1 Å². The number of rotatable bonds is 1. The summed E-state index contributed by atoms with van der Waals surface area (Å²) < 4.78 is 0. The SMILES string of the molecule is O=C1NC(=O)N(c2ccccc2)CC1Cl. The van der Waals surface area contributed by atoms with Gasteiger partial charge >= 0.3 is 6.03 Å². The van der Waals surface area contributed by atoms with Crippen LogP contribution in [-0.2, 0) is 4.79 Å². The average Bonchev–Trinajstić information content (AvgIpc) is 2.25. The molecule has 1 aliphatic rings. The third kappa shape index (κ3) is 1.94. The fraction of sp³-hybridized carbons (Fsp3) is 0.200. The minimum absolute atomic E-state index is 0.205. The van der Waals surface area contributed by atoms with Gasteiger partial charge in [0.2, 0.25) is 5.91 Å². The number of carbonyl (C=O) groups is 2. The first-order valence-electron chi connectivity index (χ1n) is 4.50. The van der Waals surface area contributed by atoms with Gasteiger partial charge in [-0.25, -0.2) is 4.79 Å². The minimum Gasteiger partial charge on any atom is -0.292 e. The van der Waals surface area contributed by atoms with E-state index in [1.807, 2.05) is 18.2 Å². The van der Waals surface area contributed by atoms with Crippen molar-refractivity contribution in [2.24, 2.45) is 0 Å². The number of imide groups is 1. The maximum absolute atomic E-state index is 11.5. The van der Waals surface area contributed by atoms with Crippen molar-refractivity contribution in [3.8, 4) is 0 Å². The molecule has 0 aliphatic carbocycles. The largest absolute Gasteiger partial charge is 0.328 e. The summed E-state index contributed by atoms with van der Waals surface area (Å²) in [5.41, 5.74) is 0.730. The summed E-state index contributed by atoms with van der Waals surface area (Å²) in [6, 6.07) is 8.65. The lowest BCUT2D eigenvalue weighted by molar-refractivity contribution is -0.119. The van der Waals surface area contributed by atoms with Gasteiger partial charge in [-0.1, -0.05) is 18.2 Å². The Kier molecular flexibility index (Phi) is 2.60. The van der Waals surface area contributed by atoms with Crippen molar-refractivity contribution < 1.29 is 9.59 Å². The van der Waals surface area contributed by atoms with E-state index >= 15 is 0 Å². The Morgan fingerprint density at radius 2 is 1.93 bits per heavy atom. The van der Waals surface area contributed by atoms with Gasteiger partial charge in [0.15, 0.2) is 0 Å². The second-order valence-electron chi connectivity index (χ2n) is 3.21. The molecule has 1 fully saturated rings. The first kappa shape index (κ1) is 9.98. The van der Waals surface area contributed by atoms with Gasteiger partial charge in [-0.2, -0.15) is 0 Å². The Hall–Kier alpha value is -1.55. The van der Waals surface area contributed by atoms with Gasteiger partial charge in [0, 0.05) is 5.69 Å². The highest BCUT2D eigenvalue weighted by Gasteiger charge is 2.31. The van der Waals surface area contributed by atoms with Gasteiger partial charge < -0.3 is 0 Å². The van der Waals surface area contributed by atoms with E-state index in [2.05, 4.69) is 5.32 Å². The number of amides is 3. The molecule has 1 unspecified atom stereocenters. The molecule has 1 aliphatic heterocycles. The normalized spacial score (nSPS) is 21.4. The second kappa shape index (κ2) is 3.90. The van der Waals surface area contributed by atoms with Gasteiger partial charge in [0.05, 0.1) is 6.54 Å². The molecule has 2 rings (SSSR count). The van der Waals surface area contributed by atoms with Gasteiger partial charge in [0.25, 0.3) is 0 Å². The number of alkyl halides is 1. The van der Waals surface area contributed by atoms with Crippen LogP contribution < -0.4 is 10.2 Å². The van der Waals surface area contributed by atoms with Crippen molar-refractivity contribution in [2.75, 3.05) is 11.4 Å². The highest BCUT2D eigenvalue weighted by molar-refractivity contribution is 6.34. The summed E-state index contributed by atoms with van der Waals surface area (Å²) in [6.45, 7) is 0.205. The summed E-state index contributed by atoms with van der Waals surface area (Å²) in [5.74, 6) is -0.436. The number of anilines is 1. The first-order chi connectivity index (χ1) is 7.18. The van der Waals surface area contributed by atoms with Crippen LogP contribution in [0.5, 0.6) is 0 Å². The summed E-state index contributed by atoms with van der Waals surface area (Å²) in [4.78, 5) is 24.0. The van der Waals surface area contributed by atoms with Crippen LogP contribution >= 0.6 is 11.6 Å². The van der Waals surface area contributed by atoms with Crippen LogP contribution in [0.4, 0.5) is 10.5 Å². The van der Waals surface area contributed by atoms with Crippen molar-refractivity contribution in [3.05, 3.63) is 30.3 Å². The highest BCUT2D eigenvalue weighted by atomic mass is 35.5. The summed E-state index contributed by atoms with van der Waals surface area (Å²) in [6.07, 6.45) is 0. The lowest BCUT2D eigenvalue weighted by Crippen LogP contribution is -2.55. The molecule has 0 saturated carbocycles. The third-order valence-corrected chi connectivity index (χ3v) is 2.51. The van der Waals surface area contributed by atoms with Crippen molar-refractivity contribution >= 4 is 29.2 Å². The maximum atomic E-state index is 11.5. The predicted octanol–water partition coefficient (Wildman–Crippen LogP) is 1.35. The van der Waals surface area contributed by atoms with Crippen molar-refractivity contribution in [1.82, 2.24) is 5.32 Å². The second-order valence-corrected chi connectivity index (χ2v) is 3.73. The number of nitrogens with zero attached hydrogens (tertiary/aromatic N) is 1. The molecular formula is C10H9ClN2O2. The van der Waals surface area contributed by atoms with Crippen LogP contribution in [0, 0.1) is 0 Å². The summed E-state index contributed by atoms with van der Waals surface area (Å²) in [7, 11) is 0. The lowest BCUT2D eigenvalue weighted by atomic mass is 10.2. The van der Waals surface area contributed by atoms with Crippen LogP contribution in [0.25, 0.3) is 0 Å². The molecule has 1 aromatic carbocycles. The topological polar surface area (TPSA) is 49.4 Å².